The number of piperidine rings is 1. The maximum atomic E-state index is 4.35. The fraction of sp³-hybridized carbons (Fsp3) is 0.933. The number of hydrogen-bond acceptors (Lipinski definition) is 2. The van der Waals surface area contributed by atoms with Crippen LogP contribution in [0.2, 0.25) is 0 Å². The van der Waals surface area contributed by atoms with Crippen molar-refractivity contribution >= 4 is 5.96 Å². The molecule has 1 saturated heterocycles. The monoisotopic (exact) mass is 268 g/mol. The van der Waals surface area contributed by atoms with Crippen LogP contribution in [0.1, 0.15) is 39.5 Å². The predicted octanol–water partition coefficient (Wildman–Crippen LogP) is 2.03. The molecule has 1 rings (SSSR count). The van der Waals surface area contributed by atoms with Crippen molar-refractivity contribution in [3.63, 3.8) is 0 Å². The molecule has 0 spiro atoms. The molecule has 0 bridgehead atoms. The van der Waals surface area contributed by atoms with E-state index in [1.54, 1.807) is 0 Å². The van der Waals surface area contributed by atoms with E-state index < -0.39 is 0 Å². The molecule has 0 atom stereocenters. The lowest BCUT2D eigenvalue weighted by molar-refractivity contribution is 0.195. The van der Waals surface area contributed by atoms with Crippen molar-refractivity contribution in [2.75, 3.05) is 46.8 Å². The zero-order valence-corrected chi connectivity index (χ0v) is 13.3. The normalized spacial score (nSPS) is 18.6. The molecular weight excluding hydrogens is 236 g/mol. The van der Waals surface area contributed by atoms with Gasteiger partial charge in [0.15, 0.2) is 5.96 Å². The highest BCUT2D eigenvalue weighted by Gasteiger charge is 2.15. The van der Waals surface area contributed by atoms with Crippen molar-refractivity contribution < 1.29 is 0 Å². The lowest BCUT2D eigenvalue weighted by atomic mass is 9.99. The van der Waals surface area contributed by atoms with E-state index in [-0.39, 0.29) is 0 Å². The van der Waals surface area contributed by atoms with Crippen molar-refractivity contribution in [3.05, 3.63) is 0 Å². The molecule has 0 saturated carbocycles. The van der Waals surface area contributed by atoms with E-state index in [0.717, 1.165) is 31.5 Å². The number of likely N-dealkylation sites (tertiary alicyclic amines) is 1. The highest BCUT2D eigenvalue weighted by molar-refractivity contribution is 5.79. The van der Waals surface area contributed by atoms with Gasteiger partial charge in [0, 0.05) is 33.7 Å². The fourth-order valence-corrected chi connectivity index (χ4v) is 2.50. The molecule has 19 heavy (non-hydrogen) atoms. The molecule has 0 aromatic rings. The number of hydrogen-bond donors (Lipinski definition) is 1. The van der Waals surface area contributed by atoms with E-state index in [1.165, 1.54) is 38.8 Å². The van der Waals surface area contributed by atoms with Crippen LogP contribution in [0.5, 0.6) is 0 Å². The second-order valence-corrected chi connectivity index (χ2v) is 5.77. The first kappa shape index (κ1) is 16.3. The van der Waals surface area contributed by atoms with Crippen LogP contribution < -0.4 is 5.32 Å². The van der Waals surface area contributed by atoms with E-state index >= 15 is 0 Å². The van der Waals surface area contributed by atoms with E-state index in [4.69, 9.17) is 0 Å². The maximum Gasteiger partial charge on any atom is 0.193 e. The summed E-state index contributed by atoms with van der Waals surface area (Å²) in [6.45, 7) is 10.3. The van der Waals surface area contributed by atoms with Gasteiger partial charge >= 0.3 is 0 Å². The number of unbranched alkanes of at least 4 members (excludes halogenated alkanes) is 1. The molecule has 0 unspecified atom stereocenters. The first-order valence-electron chi connectivity index (χ1n) is 7.81. The zero-order chi connectivity index (χ0) is 14.1. The van der Waals surface area contributed by atoms with Crippen LogP contribution in [0.3, 0.4) is 0 Å². The standard InChI is InChI=1S/C15H32N4/c1-5-6-10-18(4)15(16-3)17-9-13-19-11-7-14(2)8-12-19/h14H,5-13H2,1-4H3,(H,16,17). The van der Waals surface area contributed by atoms with Crippen LogP contribution >= 0.6 is 0 Å². The molecule has 1 aliphatic rings. The van der Waals surface area contributed by atoms with Gasteiger partial charge in [0.25, 0.3) is 0 Å². The number of nitrogens with one attached hydrogen (secondary N) is 1. The van der Waals surface area contributed by atoms with Crippen LogP contribution in [0.15, 0.2) is 4.99 Å². The van der Waals surface area contributed by atoms with Crippen molar-refractivity contribution in [1.29, 1.82) is 0 Å². The van der Waals surface area contributed by atoms with Crippen molar-refractivity contribution in [2.24, 2.45) is 10.9 Å². The Morgan fingerprint density at radius 1 is 1.37 bits per heavy atom. The topological polar surface area (TPSA) is 30.9 Å². The molecule has 0 radical (unpaired) electrons. The summed E-state index contributed by atoms with van der Waals surface area (Å²) in [4.78, 5) is 9.13. The van der Waals surface area contributed by atoms with Crippen LogP contribution in [0.4, 0.5) is 0 Å². The van der Waals surface area contributed by atoms with Crippen molar-refractivity contribution in [1.82, 2.24) is 15.1 Å². The Morgan fingerprint density at radius 2 is 2.05 bits per heavy atom. The van der Waals surface area contributed by atoms with Gasteiger partial charge in [-0.3, -0.25) is 4.99 Å². The number of nitrogens with zero attached hydrogens (tertiary/aromatic N) is 3. The number of aliphatic imine (C=N–C) groups is 1. The lowest BCUT2D eigenvalue weighted by Crippen LogP contribution is -2.44. The van der Waals surface area contributed by atoms with E-state index in [9.17, 15) is 0 Å². The molecule has 1 fully saturated rings. The zero-order valence-electron chi connectivity index (χ0n) is 13.3. The second-order valence-electron chi connectivity index (χ2n) is 5.77. The third kappa shape index (κ3) is 6.28. The number of rotatable bonds is 6. The molecule has 1 N–H and O–H groups in total. The van der Waals surface area contributed by atoms with Gasteiger partial charge in [0.05, 0.1) is 0 Å². The van der Waals surface area contributed by atoms with Gasteiger partial charge in [-0.15, -0.1) is 0 Å². The van der Waals surface area contributed by atoms with Crippen LogP contribution in [-0.2, 0) is 0 Å². The minimum absolute atomic E-state index is 0.914. The lowest BCUT2D eigenvalue weighted by Gasteiger charge is -2.30. The summed E-state index contributed by atoms with van der Waals surface area (Å²) in [6, 6.07) is 0. The summed E-state index contributed by atoms with van der Waals surface area (Å²) in [6.07, 6.45) is 5.16. The predicted molar refractivity (Wildman–Crippen MR) is 83.7 cm³/mol. The molecule has 0 aliphatic carbocycles. The van der Waals surface area contributed by atoms with Crippen LogP contribution in [0.25, 0.3) is 0 Å². The Hall–Kier alpha value is -0.770. The van der Waals surface area contributed by atoms with E-state index in [2.05, 4.69) is 41.0 Å². The quantitative estimate of drug-likeness (QED) is 0.591. The summed E-state index contributed by atoms with van der Waals surface area (Å²) < 4.78 is 0. The Labute approximate surface area is 119 Å². The second kappa shape index (κ2) is 9.18. The summed E-state index contributed by atoms with van der Waals surface area (Å²) >= 11 is 0. The molecule has 4 heteroatoms. The summed E-state index contributed by atoms with van der Waals surface area (Å²) in [5.74, 6) is 1.94. The largest absolute Gasteiger partial charge is 0.355 e. The Balaban J connectivity index is 2.19. The maximum absolute atomic E-state index is 4.35. The molecule has 0 aromatic carbocycles. The smallest absolute Gasteiger partial charge is 0.193 e. The highest BCUT2D eigenvalue weighted by atomic mass is 15.3. The summed E-state index contributed by atoms with van der Waals surface area (Å²) in [7, 11) is 3.99. The Morgan fingerprint density at radius 3 is 2.63 bits per heavy atom. The molecule has 4 nitrogen and oxygen atoms in total. The summed E-state index contributed by atoms with van der Waals surface area (Å²) in [5.41, 5.74) is 0. The average molecular weight is 268 g/mol. The minimum Gasteiger partial charge on any atom is -0.355 e. The molecule has 0 aromatic heterocycles. The van der Waals surface area contributed by atoms with Gasteiger partial charge in [-0.05, 0) is 38.3 Å². The Bertz CT molecular complexity index is 257. The van der Waals surface area contributed by atoms with Crippen LogP contribution in [0, 0.1) is 5.92 Å². The summed E-state index contributed by atoms with van der Waals surface area (Å²) in [5, 5.41) is 3.47. The first-order chi connectivity index (χ1) is 9.17. The van der Waals surface area contributed by atoms with Crippen molar-refractivity contribution in [3.8, 4) is 0 Å². The minimum atomic E-state index is 0.914. The average Bonchev–Trinajstić information content (AvgIpc) is 2.43. The van der Waals surface area contributed by atoms with E-state index in [0.29, 0.717) is 0 Å². The van der Waals surface area contributed by atoms with Gasteiger partial charge in [-0.1, -0.05) is 20.3 Å². The van der Waals surface area contributed by atoms with Crippen molar-refractivity contribution in [2.45, 2.75) is 39.5 Å². The Kier molecular flexibility index (Phi) is 7.87. The molecular formula is C15H32N4. The molecule has 0 amide bonds. The molecule has 1 heterocycles. The van der Waals surface area contributed by atoms with Gasteiger partial charge in [-0.25, -0.2) is 0 Å². The molecule has 1 aliphatic heterocycles. The van der Waals surface area contributed by atoms with E-state index in [1.807, 2.05) is 7.05 Å². The third-order valence-corrected chi connectivity index (χ3v) is 4.01. The first-order valence-corrected chi connectivity index (χ1v) is 7.81. The fourth-order valence-electron chi connectivity index (χ4n) is 2.50. The highest BCUT2D eigenvalue weighted by Crippen LogP contribution is 2.15. The van der Waals surface area contributed by atoms with Gasteiger partial charge in [-0.2, -0.15) is 0 Å². The van der Waals surface area contributed by atoms with Gasteiger partial charge in [0.2, 0.25) is 0 Å². The van der Waals surface area contributed by atoms with Gasteiger partial charge < -0.3 is 15.1 Å². The SMILES string of the molecule is CCCCN(C)C(=NC)NCCN1CCC(C)CC1. The third-order valence-electron chi connectivity index (χ3n) is 4.01. The van der Waals surface area contributed by atoms with Crippen LogP contribution in [-0.4, -0.2) is 62.6 Å². The number of guanidine groups is 1. The molecule has 112 valence electrons. The van der Waals surface area contributed by atoms with Gasteiger partial charge in [0.1, 0.15) is 0 Å².